The second kappa shape index (κ2) is 5.21. The lowest BCUT2D eigenvalue weighted by Gasteiger charge is -2.08. The van der Waals surface area contributed by atoms with Crippen molar-refractivity contribution in [3.63, 3.8) is 0 Å². The maximum Gasteiger partial charge on any atom is 0.161 e. The Morgan fingerprint density at radius 3 is 2.45 bits per heavy atom. The molecule has 20 heavy (non-hydrogen) atoms. The Bertz CT molecular complexity index is 764. The van der Waals surface area contributed by atoms with Crippen LogP contribution in [0.15, 0.2) is 46.9 Å². The summed E-state index contributed by atoms with van der Waals surface area (Å²) < 4.78 is 11.7. The highest BCUT2D eigenvalue weighted by molar-refractivity contribution is 9.10. The number of hydrogen-bond acceptors (Lipinski definition) is 2. The van der Waals surface area contributed by atoms with Crippen molar-refractivity contribution in [3.8, 4) is 22.8 Å². The van der Waals surface area contributed by atoms with Crippen molar-refractivity contribution in [2.24, 2.45) is 0 Å². The van der Waals surface area contributed by atoms with Crippen molar-refractivity contribution in [2.75, 3.05) is 14.2 Å². The predicted octanol–water partition coefficient (Wildman–Crippen LogP) is 4.61. The van der Waals surface area contributed by atoms with Crippen LogP contribution in [0.4, 0.5) is 0 Å². The van der Waals surface area contributed by atoms with Crippen LogP contribution in [-0.4, -0.2) is 19.2 Å². The van der Waals surface area contributed by atoms with Crippen LogP contribution in [0, 0.1) is 0 Å². The number of aromatic nitrogens is 1. The molecule has 0 radical (unpaired) electrons. The molecule has 3 aromatic rings. The molecule has 3 nitrogen and oxygen atoms in total. The molecule has 1 aromatic heterocycles. The van der Waals surface area contributed by atoms with Gasteiger partial charge in [0.15, 0.2) is 11.5 Å². The van der Waals surface area contributed by atoms with Gasteiger partial charge in [-0.1, -0.05) is 22.0 Å². The summed E-state index contributed by atoms with van der Waals surface area (Å²) >= 11 is 3.48. The molecule has 0 aliphatic carbocycles. The van der Waals surface area contributed by atoms with Gasteiger partial charge in [0.05, 0.1) is 14.2 Å². The molecule has 0 aliphatic rings. The number of nitrogens with one attached hydrogen (secondary N) is 1. The van der Waals surface area contributed by atoms with E-state index in [9.17, 15) is 0 Å². The number of benzene rings is 2. The number of H-pyrrole nitrogens is 1. The number of ether oxygens (including phenoxy) is 2. The zero-order valence-corrected chi connectivity index (χ0v) is 12.8. The zero-order chi connectivity index (χ0) is 14.1. The monoisotopic (exact) mass is 331 g/mol. The number of hydrogen-bond donors (Lipinski definition) is 1. The van der Waals surface area contributed by atoms with Crippen LogP contribution in [0.1, 0.15) is 0 Å². The van der Waals surface area contributed by atoms with Crippen LogP contribution < -0.4 is 9.47 Å². The van der Waals surface area contributed by atoms with Gasteiger partial charge in [-0.15, -0.1) is 0 Å². The fraction of sp³-hybridized carbons (Fsp3) is 0.125. The van der Waals surface area contributed by atoms with E-state index in [0.29, 0.717) is 0 Å². The Balaban J connectivity index is 2.10. The second-order valence-corrected chi connectivity index (χ2v) is 5.40. The van der Waals surface area contributed by atoms with Crippen molar-refractivity contribution in [3.05, 3.63) is 46.9 Å². The van der Waals surface area contributed by atoms with Gasteiger partial charge in [-0.05, 0) is 36.4 Å². The van der Waals surface area contributed by atoms with Gasteiger partial charge in [-0.25, -0.2) is 0 Å². The van der Waals surface area contributed by atoms with E-state index in [0.717, 1.165) is 32.7 Å². The van der Waals surface area contributed by atoms with E-state index in [1.807, 2.05) is 24.3 Å². The van der Waals surface area contributed by atoms with Crippen molar-refractivity contribution < 1.29 is 9.47 Å². The van der Waals surface area contributed by atoms with Gasteiger partial charge in [0.25, 0.3) is 0 Å². The highest BCUT2D eigenvalue weighted by atomic mass is 79.9. The Labute approximate surface area is 125 Å². The van der Waals surface area contributed by atoms with Crippen molar-refractivity contribution in [1.29, 1.82) is 0 Å². The zero-order valence-electron chi connectivity index (χ0n) is 11.2. The molecule has 0 amide bonds. The van der Waals surface area contributed by atoms with E-state index in [-0.39, 0.29) is 0 Å². The summed E-state index contributed by atoms with van der Waals surface area (Å²) in [6, 6.07) is 14.2. The predicted molar refractivity (Wildman–Crippen MR) is 84.5 cm³/mol. The average Bonchev–Trinajstić information content (AvgIpc) is 2.89. The van der Waals surface area contributed by atoms with Gasteiger partial charge in [-0.2, -0.15) is 0 Å². The largest absolute Gasteiger partial charge is 0.493 e. The van der Waals surface area contributed by atoms with Gasteiger partial charge in [-0.3, -0.25) is 0 Å². The minimum absolute atomic E-state index is 0.727. The average molecular weight is 332 g/mol. The smallest absolute Gasteiger partial charge is 0.161 e. The van der Waals surface area contributed by atoms with E-state index in [2.05, 4.69) is 39.1 Å². The van der Waals surface area contributed by atoms with E-state index >= 15 is 0 Å². The standard InChI is InChI=1S/C16H14BrNO2/c1-19-15-6-4-11(8-16(15)20-2)13-7-10-3-5-12(17)9-14(10)18-13/h3-9,18H,1-2H3. The van der Waals surface area contributed by atoms with Gasteiger partial charge in [0.1, 0.15) is 0 Å². The van der Waals surface area contributed by atoms with Crippen LogP contribution in [0.25, 0.3) is 22.2 Å². The molecular formula is C16H14BrNO2. The van der Waals surface area contributed by atoms with Crippen molar-refractivity contribution in [1.82, 2.24) is 4.98 Å². The van der Waals surface area contributed by atoms with Gasteiger partial charge < -0.3 is 14.5 Å². The van der Waals surface area contributed by atoms with E-state index < -0.39 is 0 Å². The molecule has 0 fully saturated rings. The first-order chi connectivity index (χ1) is 9.71. The molecule has 1 heterocycles. The van der Waals surface area contributed by atoms with E-state index in [4.69, 9.17) is 9.47 Å². The summed E-state index contributed by atoms with van der Waals surface area (Å²) in [5.41, 5.74) is 3.22. The van der Waals surface area contributed by atoms with Gasteiger partial charge in [0, 0.05) is 26.6 Å². The first-order valence-corrected chi connectivity index (χ1v) is 7.01. The highest BCUT2D eigenvalue weighted by Crippen LogP contribution is 2.33. The number of aromatic amines is 1. The third-order valence-corrected chi connectivity index (χ3v) is 3.77. The second-order valence-electron chi connectivity index (χ2n) is 4.48. The van der Waals surface area contributed by atoms with Gasteiger partial charge in [0.2, 0.25) is 0 Å². The minimum atomic E-state index is 0.727. The Morgan fingerprint density at radius 1 is 0.900 bits per heavy atom. The lowest BCUT2D eigenvalue weighted by molar-refractivity contribution is 0.355. The molecule has 0 spiro atoms. The molecule has 0 unspecified atom stereocenters. The van der Waals surface area contributed by atoms with Crippen LogP contribution in [0.5, 0.6) is 11.5 Å². The summed E-state index contributed by atoms with van der Waals surface area (Å²) in [4.78, 5) is 3.42. The number of rotatable bonds is 3. The van der Waals surface area contributed by atoms with Crippen LogP contribution in [-0.2, 0) is 0 Å². The molecule has 0 saturated heterocycles. The van der Waals surface area contributed by atoms with Crippen LogP contribution in [0.3, 0.4) is 0 Å². The summed E-state index contributed by atoms with van der Waals surface area (Å²) in [5.74, 6) is 1.46. The SMILES string of the molecule is COc1ccc(-c2cc3ccc(Br)cc3[nH]2)cc1OC. The Hall–Kier alpha value is -1.94. The summed E-state index contributed by atoms with van der Waals surface area (Å²) in [7, 11) is 3.28. The van der Waals surface area contributed by atoms with Crippen molar-refractivity contribution >= 4 is 26.8 Å². The first-order valence-electron chi connectivity index (χ1n) is 6.22. The molecule has 0 bridgehead atoms. The molecule has 0 saturated carbocycles. The topological polar surface area (TPSA) is 34.2 Å². The number of methoxy groups -OCH3 is 2. The van der Waals surface area contributed by atoms with Crippen LogP contribution >= 0.6 is 15.9 Å². The number of fused-ring (bicyclic) bond motifs is 1. The fourth-order valence-electron chi connectivity index (χ4n) is 2.26. The van der Waals surface area contributed by atoms with Gasteiger partial charge >= 0.3 is 0 Å². The normalized spacial score (nSPS) is 10.8. The first kappa shape index (κ1) is 13.1. The maximum atomic E-state index is 5.35. The summed E-state index contributed by atoms with van der Waals surface area (Å²) in [6.45, 7) is 0. The summed E-state index contributed by atoms with van der Waals surface area (Å²) in [6.07, 6.45) is 0. The van der Waals surface area contributed by atoms with Crippen molar-refractivity contribution in [2.45, 2.75) is 0 Å². The van der Waals surface area contributed by atoms with Crippen LogP contribution in [0.2, 0.25) is 0 Å². The Kier molecular flexibility index (Phi) is 3.40. The van der Waals surface area contributed by atoms with E-state index in [1.165, 1.54) is 5.39 Å². The maximum absolute atomic E-state index is 5.35. The van der Waals surface area contributed by atoms with E-state index in [1.54, 1.807) is 14.2 Å². The quantitative estimate of drug-likeness (QED) is 0.760. The lowest BCUT2D eigenvalue weighted by Crippen LogP contribution is -1.90. The third kappa shape index (κ3) is 2.27. The third-order valence-electron chi connectivity index (χ3n) is 3.28. The molecule has 2 aromatic carbocycles. The molecule has 3 rings (SSSR count). The molecule has 1 N–H and O–H groups in total. The Morgan fingerprint density at radius 2 is 1.70 bits per heavy atom. The molecule has 0 atom stereocenters. The molecular weight excluding hydrogens is 318 g/mol. The number of halogens is 1. The lowest BCUT2D eigenvalue weighted by atomic mass is 10.1. The minimum Gasteiger partial charge on any atom is -0.493 e. The fourth-order valence-corrected chi connectivity index (χ4v) is 2.62. The molecule has 4 heteroatoms. The molecule has 102 valence electrons. The highest BCUT2D eigenvalue weighted by Gasteiger charge is 2.08. The summed E-state index contributed by atoms with van der Waals surface area (Å²) in [5, 5.41) is 1.18. The molecule has 0 aliphatic heterocycles.